The van der Waals surface area contributed by atoms with Crippen LogP contribution in [-0.2, 0) is 21.6 Å². The molecule has 7 heteroatoms. The third-order valence-corrected chi connectivity index (χ3v) is 8.36. The normalized spacial score (nSPS) is 16.1. The van der Waals surface area contributed by atoms with Crippen molar-refractivity contribution in [3.05, 3.63) is 81.8 Å². The number of carbonyl (C=O) groups excluding carboxylic acids is 1. The number of carbonyl (C=O) groups is 1. The van der Waals surface area contributed by atoms with Crippen LogP contribution in [0.15, 0.2) is 70.7 Å². The van der Waals surface area contributed by atoms with Crippen LogP contribution in [0.25, 0.3) is 0 Å². The van der Waals surface area contributed by atoms with Crippen LogP contribution < -0.4 is 10.5 Å². The molecule has 1 amide bonds. The Morgan fingerprint density at radius 3 is 2.19 bits per heavy atom. The van der Waals surface area contributed by atoms with Crippen molar-refractivity contribution in [3.8, 4) is 0 Å². The van der Waals surface area contributed by atoms with Gasteiger partial charge < -0.3 is 15.0 Å². The zero-order valence-corrected chi connectivity index (χ0v) is 25.7. The fourth-order valence-corrected chi connectivity index (χ4v) is 5.63. The number of hydrogen-bond acceptors (Lipinski definition) is 4. The number of halogens is 1. The number of primary amides is 1. The Labute approximate surface area is 235 Å². The van der Waals surface area contributed by atoms with E-state index in [2.05, 4.69) is 78.7 Å². The molecule has 0 heterocycles. The molecule has 2 unspecified atom stereocenters. The maximum absolute atomic E-state index is 13.4. The van der Waals surface area contributed by atoms with E-state index in [1.165, 1.54) is 11.1 Å². The summed E-state index contributed by atoms with van der Waals surface area (Å²) >= 11 is 2.19. The highest BCUT2D eigenvalue weighted by molar-refractivity contribution is 9.10. The van der Waals surface area contributed by atoms with Gasteiger partial charge in [-0.05, 0) is 69.2 Å². The zero-order valence-electron chi connectivity index (χ0n) is 23.3. The van der Waals surface area contributed by atoms with Gasteiger partial charge in [-0.15, -0.1) is 4.72 Å². The quantitative estimate of drug-likeness (QED) is 0.207. The zero-order chi connectivity index (χ0) is 27.9. The first-order valence-corrected chi connectivity index (χ1v) is 14.7. The van der Waals surface area contributed by atoms with Crippen LogP contribution in [-0.4, -0.2) is 22.0 Å². The average molecular weight is 592 g/mol. The summed E-state index contributed by atoms with van der Waals surface area (Å²) in [6.07, 6.45) is 3.53. The smallest absolute Gasteiger partial charge is 0.404 e. The van der Waals surface area contributed by atoms with Crippen molar-refractivity contribution in [2.75, 3.05) is 6.61 Å². The van der Waals surface area contributed by atoms with Crippen LogP contribution in [0.5, 0.6) is 0 Å². The summed E-state index contributed by atoms with van der Waals surface area (Å²) in [5.41, 5.74) is 8.10. The van der Waals surface area contributed by atoms with E-state index in [9.17, 15) is 9.35 Å². The van der Waals surface area contributed by atoms with Crippen LogP contribution in [0, 0.1) is 5.41 Å². The molecule has 2 aromatic carbocycles. The summed E-state index contributed by atoms with van der Waals surface area (Å²) in [5.74, 6) is 0.219. The predicted molar refractivity (Wildman–Crippen MR) is 159 cm³/mol. The second-order valence-electron chi connectivity index (χ2n) is 12.0. The first-order valence-electron chi connectivity index (χ1n) is 12.7. The summed E-state index contributed by atoms with van der Waals surface area (Å²) in [7, 11) is 0. The van der Waals surface area contributed by atoms with Gasteiger partial charge in [-0.25, -0.2) is 4.79 Å². The Morgan fingerprint density at radius 1 is 1.08 bits per heavy atom. The lowest BCUT2D eigenvalue weighted by Crippen LogP contribution is -2.52. The van der Waals surface area contributed by atoms with Crippen LogP contribution >= 0.6 is 15.9 Å². The van der Waals surface area contributed by atoms with Crippen molar-refractivity contribution in [1.82, 2.24) is 4.72 Å². The molecular formula is C30H43BrN2O3S. The monoisotopic (exact) mass is 590 g/mol. The van der Waals surface area contributed by atoms with Crippen LogP contribution in [0.3, 0.4) is 0 Å². The Morgan fingerprint density at radius 2 is 1.68 bits per heavy atom. The Hall–Kier alpha value is -1.80. The summed E-state index contributed by atoms with van der Waals surface area (Å²) < 4.78 is 22.6. The molecule has 2 rings (SSSR count). The first kappa shape index (κ1) is 31.4. The predicted octanol–water partition coefficient (Wildman–Crippen LogP) is 7.74. The number of benzene rings is 2. The largest absolute Gasteiger partial charge is 0.598 e. The summed E-state index contributed by atoms with van der Waals surface area (Å²) in [4.78, 5) is 11.4. The molecule has 0 aliphatic heterocycles. The highest BCUT2D eigenvalue weighted by Crippen LogP contribution is 2.38. The topological polar surface area (TPSA) is 87.4 Å². The van der Waals surface area contributed by atoms with Gasteiger partial charge in [-0.3, -0.25) is 0 Å². The number of hydrogen-bond donors (Lipinski definition) is 2. The molecule has 0 aliphatic carbocycles. The highest BCUT2D eigenvalue weighted by atomic mass is 79.9. The second-order valence-corrected chi connectivity index (χ2v) is 14.8. The van der Waals surface area contributed by atoms with E-state index < -0.39 is 27.7 Å². The van der Waals surface area contributed by atoms with E-state index in [0.717, 1.165) is 16.5 Å². The van der Waals surface area contributed by atoms with Gasteiger partial charge in [0.15, 0.2) is 0 Å². The summed E-state index contributed by atoms with van der Waals surface area (Å²) in [6.45, 7) is 14.8. The van der Waals surface area contributed by atoms with Gasteiger partial charge in [0, 0.05) is 28.2 Å². The second kappa shape index (κ2) is 13.3. The molecule has 37 heavy (non-hydrogen) atoms. The van der Waals surface area contributed by atoms with Crippen molar-refractivity contribution in [2.24, 2.45) is 11.1 Å². The van der Waals surface area contributed by atoms with Gasteiger partial charge in [0.05, 0.1) is 12.1 Å². The molecule has 2 aromatic rings. The number of allylic oxidation sites excluding steroid dienone is 1. The number of amides is 1. The molecule has 3 N–H and O–H groups in total. The molecule has 0 aliphatic rings. The van der Waals surface area contributed by atoms with Gasteiger partial charge >= 0.3 is 6.09 Å². The summed E-state index contributed by atoms with van der Waals surface area (Å²) in [5, 5.41) is 0. The van der Waals surface area contributed by atoms with Crippen molar-refractivity contribution in [1.29, 1.82) is 0 Å². The lowest BCUT2D eigenvalue weighted by atomic mass is 9.78. The minimum atomic E-state index is -1.36. The van der Waals surface area contributed by atoms with Crippen LogP contribution in [0.4, 0.5) is 4.79 Å². The molecule has 3 atom stereocenters. The van der Waals surface area contributed by atoms with Gasteiger partial charge in [-0.1, -0.05) is 90.8 Å². The third kappa shape index (κ3) is 10.5. The minimum absolute atomic E-state index is 0.115. The van der Waals surface area contributed by atoms with Crippen molar-refractivity contribution < 1.29 is 14.1 Å². The van der Waals surface area contributed by atoms with Crippen LogP contribution in [0.2, 0.25) is 0 Å². The van der Waals surface area contributed by atoms with E-state index in [1.807, 2.05) is 51.1 Å². The van der Waals surface area contributed by atoms with Crippen LogP contribution in [0.1, 0.15) is 84.8 Å². The Balaban J connectivity index is 2.55. The van der Waals surface area contributed by atoms with E-state index >= 15 is 0 Å². The molecule has 0 aromatic heterocycles. The van der Waals surface area contributed by atoms with Crippen molar-refractivity contribution in [3.63, 3.8) is 0 Å². The fourth-order valence-electron chi connectivity index (χ4n) is 4.42. The lowest BCUT2D eigenvalue weighted by Gasteiger charge is -2.38. The highest BCUT2D eigenvalue weighted by Gasteiger charge is 2.41. The molecule has 0 spiro atoms. The molecule has 0 bridgehead atoms. The lowest BCUT2D eigenvalue weighted by molar-refractivity contribution is 0.142. The maximum Gasteiger partial charge on any atom is 0.404 e. The molecule has 5 nitrogen and oxygen atoms in total. The van der Waals surface area contributed by atoms with E-state index in [0.29, 0.717) is 12.8 Å². The number of ether oxygens (including phenoxy) is 1. The van der Waals surface area contributed by atoms with E-state index in [1.54, 1.807) is 0 Å². The molecule has 0 radical (unpaired) electrons. The van der Waals surface area contributed by atoms with Crippen molar-refractivity contribution in [2.45, 2.75) is 83.9 Å². The number of nitrogens with one attached hydrogen (secondary N) is 1. The molecule has 0 fully saturated rings. The summed E-state index contributed by atoms with van der Waals surface area (Å²) in [6, 6.07) is 18.5. The average Bonchev–Trinajstić information content (AvgIpc) is 2.77. The molecule has 0 saturated carbocycles. The Kier molecular flexibility index (Phi) is 11.3. The van der Waals surface area contributed by atoms with E-state index in [-0.39, 0.29) is 17.9 Å². The third-order valence-electron chi connectivity index (χ3n) is 6.14. The molecule has 0 saturated heterocycles. The Bertz CT molecular complexity index is 1030. The standard InChI is InChI=1S/C30H43BrN2O3S/c1-22(19-24(21-28(2,3)4)23-13-15-26(31)16-14-23)20-30(17-18-36-27(32)34,25-11-9-8-10-12-25)33-37(35)29(5,6)7/h8-16,19,24,33H,17-18,20-21H2,1-7H3,(H2,32,34)/t24-,30?,37?/m1/s1. The van der Waals surface area contributed by atoms with Crippen molar-refractivity contribution >= 4 is 33.4 Å². The minimum Gasteiger partial charge on any atom is -0.598 e. The molecular weight excluding hydrogens is 548 g/mol. The number of rotatable bonds is 11. The maximum atomic E-state index is 13.4. The van der Waals surface area contributed by atoms with Gasteiger partial charge in [-0.2, -0.15) is 0 Å². The van der Waals surface area contributed by atoms with E-state index in [4.69, 9.17) is 10.5 Å². The first-order chi connectivity index (χ1) is 17.1. The number of nitrogens with two attached hydrogens (primary N) is 1. The fraction of sp³-hybridized carbons (Fsp3) is 0.500. The molecule has 204 valence electrons. The van der Waals surface area contributed by atoms with Gasteiger partial charge in [0.1, 0.15) is 4.75 Å². The van der Waals surface area contributed by atoms with Gasteiger partial charge in [0.25, 0.3) is 0 Å². The SMILES string of the molecule is CC(=C[C@H](CC(C)(C)C)c1ccc(Br)cc1)CC(CCOC(N)=O)(N[S+]([O-])C(C)(C)C)c1ccccc1. The van der Waals surface area contributed by atoms with Gasteiger partial charge in [0.2, 0.25) is 0 Å².